The van der Waals surface area contributed by atoms with Crippen molar-refractivity contribution in [1.82, 2.24) is 0 Å². The Labute approximate surface area is 182 Å². The Morgan fingerprint density at radius 3 is 2.29 bits per heavy atom. The number of carbonyl (C=O) groups is 3. The fourth-order valence-corrected chi connectivity index (χ4v) is 3.49. The fraction of sp³-hybridized carbons (Fsp3) is 0.348. The van der Waals surface area contributed by atoms with Crippen molar-refractivity contribution >= 4 is 33.2 Å². The molecule has 8 heteroatoms. The van der Waals surface area contributed by atoms with Gasteiger partial charge in [-0.1, -0.05) is 25.8 Å². The van der Waals surface area contributed by atoms with E-state index in [9.17, 15) is 22.8 Å². The molecule has 166 valence electrons. The molecule has 0 bridgehead atoms. The van der Waals surface area contributed by atoms with E-state index in [-0.39, 0.29) is 16.4 Å². The molecular formula is C23H27NO6S. The summed E-state index contributed by atoms with van der Waals surface area (Å²) in [5.41, 5.74) is 1.56. The van der Waals surface area contributed by atoms with Gasteiger partial charge >= 0.3 is 5.97 Å². The summed E-state index contributed by atoms with van der Waals surface area (Å²) >= 11 is 0. The van der Waals surface area contributed by atoms with Crippen LogP contribution in [0.1, 0.15) is 58.9 Å². The number of hydrogen-bond donors (Lipinski definition) is 1. The Morgan fingerprint density at radius 2 is 1.68 bits per heavy atom. The van der Waals surface area contributed by atoms with Crippen LogP contribution in [0.15, 0.2) is 47.4 Å². The SMILES string of the molecule is CCCCCC(=O)Nc1ccc(C(=O)COC(=O)c2cc(S(C)(=O)=O)ccc2C)cc1. The van der Waals surface area contributed by atoms with Crippen LogP contribution in [0.4, 0.5) is 5.69 Å². The zero-order valence-electron chi connectivity index (χ0n) is 17.9. The number of benzene rings is 2. The van der Waals surface area contributed by atoms with Gasteiger partial charge in [-0.2, -0.15) is 0 Å². The summed E-state index contributed by atoms with van der Waals surface area (Å²) in [4.78, 5) is 36.5. The fourth-order valence-electron chi connectivity index (χ4n) is 2.84. The molecular weight excluding hydrogens is 418 g/mol. The number of amides is 1. The third-order valence-corrected chi connectivity index (χ3v) is 5.80. The maximum Gasteiger partial charge on any atom is 0.338 e. The van der Waals surface area contributed by atoms with Gasteiger partial charge in [0.2, 0.25) is 5.91 Å². The molecule has 7 nitrogen and oxygen atoms in total. The van der Waals surface area contributed by atoms with Crippen LogP contribution in [0, 0.1) is 6.92 Å². The standard InChI is InChI=1S/C23H27NO6S/c1-4-5-6-7-22(26)24-18-11-9-17(10-12-18)21(25)15-30-23(27)20-14-19(31(3,28)29)13-8-16(20)2/h8-14H,4-7,15H2,1-3H3,(H,24,26). The molecule has 0 aromatic heterocycles. The summed E-state index contributed by atoms with van der Waals surface area (Å²) in [5, 5.41) is 2.78. The first kappa shape index (κ1) is 24.3. The Hall–Kier alpha value is -3.00. The number of nitrogens with one attached hydrogen (secondary N) is 1. The highest BCUT2D eigenvalue weighted by molar-refractivity contribution is 7.90. The van der Waals surface area contributed by atoms with Crippen molar-refractivity contribution in [3.63, 3.8) is 0 Å². The molecule has 0 spiro atoms. The first-order chi connectivity index (χ1) is 14.6. The van der Waals surface area contributed by atoms with E-state index in [1.54, 1.807) is 31.2 Å². The second-order valence-corrected chi connectivity index (χ2v) is 9.35. The lowest BCUT2D eigenvalue weighted by molar-refractivity contribution is -0.116. The third-order valence-electron chi connectivity index (χ3n) is 4.69. The van der Waals surface area contributed by atoms with E-state index in [4.69, 9.17) is 4.74 Å². The highest BCUT2D eigenvalue weighted by Gasteiger charge is 2.17. The summed E-state index contributed by atoms with van der Waals surface area (Å²) in [6, 6.07) is 10.5. The van der Waals surface area contributed by atoms with E-state index in [0.29, 0.717) is 23.2 Å². The van der Waals surface area contributed by atoms with E-state index in [2.05, 4.69) is 12.2 Å². The van der Waals surface area contributed by atoms with Gasteiger partial charge in [0, 0.05) is 23.9 Å². The average molecular weight is 446 g/mol. The van der Waals surface area contributed by atoms with Gasteiger partial charge in [-0.25, -0.2) is 13.2 Å². The van der Waals surface area contributed by atoms with Crippen LogP contribution >= 0.6 is 0 Å². The number of rotatable bonds is 10. The average Bonchev–Trinajstić information content (AvgIpc) is 2.72. The third kappa shape index (κ3) is 7.32. The largest absolute Gasteiger partial charge is 0.454 e. The molecule has 0 saturated carbocycles. The topological polar surface area (TPSA) is 107 Å². The Balaban J connectivity index is 1.95. The smallest absolute Gasteiger partial charge is 0.338 e. The Morgan fingerprint density at radius 1 is 1.00 bits per heavy atom. The molecule has 0 radical (unpaired) electrons. The molecule has 1 amide bonds. The first-order valence-electron chi connectivity index (χ1n) is 10.0. The van der Waals surface area contributed by atoms with Gasteiger partial charge in [-0.15, -0.1) is 0 Å². The van der Waals surface area contributed by atoms with Crippen LogP contribution in [0.5, 0.6) is 0 Å². The lowest BCUT2D eigenvalue weighted by atomic mass is 10.1. The van der Waals surface area contributed by atoms with Gasteiger partial charge in [0.25, 0.3) is 0 Å². The molecule has 2 aromatic rings. The summed E-state index contributed by atoms with van der Waals surface area (Å²) in [6.07, 6.45) is 4.36. The van der Waals surface area contributed by atoms with Crippen LogP contribution < -0.4 is 5.32 Å². The second kappa shape index (κ2) is 10.9. The van der Waals surface area contributed by atoms with Gasteiger partial charge < -0.3 is 10.1 Å². The van der Waals surface area contributed by atoms with Gasteiger partial charge in [0.1, 0.15) is 0 Å². The lowest BCUT2D eigenvalue weighted by Gasteiger charge is -2.09. The first-order valence-corrected chi connectivity index (χ1v) is 11.9. The monoisotopic (exact) mass is 445 g/mol. The van der Waals surface area contributed by atoms with E-state index in [1.165, 1.54) is 18.2 Å². The van der Waals surface area contributed by atoms with Crippen LogP contribution in [-0.4, -0.2) is 38.9 Å². The molecule has 0 saturated heterocycles. The van der Waals surface area contributed by atoms with Crippen molar-refractivity contribution in [1.29, 1.82) is 0 Å². The molecule has 0 unspecified atom stereocenters. The molecule has 0 aliphatic heterocycles. The zero-order valence-corrected chi connectivity index (χ0v) is 18.8. The molecule has 0 aliphatic carbocycles. The number of sulfone groups is 1. The minimum atomic E-state index is -3.47. The molecule has 2 aromatic carbocycles. The quantitative estimate of drug-likeness (QED) is 0.337. The number of unbranched alkanes of at least 4 members (excludes halogenated alkanes) is 2. The van der Waals surface area contributed by atoms with Crippen molar-refractivity contribution in [3.8, 4) is 0 Å². The van der Waals surface area contributed by atoms with Gasteiger partial charge in [0.15, 0.2) is 22.2 Å². The van der Waals surface area contributed by atoms with E-state index >= 15 is 0 Å². The van der Waals surface area contributed by atoms with Crippen LogP contribution in [0.2, 0.25) is 0 Å². The second-order valence-electron chi connectivity index (χ2n) is 7.33. The number of ether oxygens (including phenoxy) is 1. The molecule has 2 rings (SSSR count). The van der Waals surface area contributed by atoms with E-state index in [0.717, 1.165) is 25.5 Å². The molecule has 0 fully saturated rings. The van der Waals surface area contributed by atoms with Gasteiger partial charge in [0.05, 0.1) is 10.5 Å². The molecule has 1 N–H and O–H groups in total. The highest BCUT2D eigenvalue weighted by atomic mass is 32.2. The maximum absolute atomic E-state index is 12.3. The zero-order chi connectivity index (χ0) is 23.0. The van der Waals surface area contributed by atoms with Crippen molar-refractivity contribution in [2.45, 2.75) is 44.4 Å². The van der Waals surface area contributed by atoms with Crippen molar-refractivity contribution in [2.24, 2.45) is 0 Å². The van der Waals surface area contributed by atoms with Crippen molar-refractivity contribution in [2.75, 3.05) is 18.2 Å². The number of aryl methyl sites for hydroxylation is 1. The normalized spacial score (nSPS) is 11.1. The Bertz CT molecular complexity index is 1060. The summed E-state index contributed by atoms with van der Waals surface area (Å²) in [6.45, 7) is 3.24. The minimum Gasteiger partial charge on any atom is -0.454 e. The highest BCUT2D eigenvalue weighted by Crippen LogP contribution is 2.17. The summed E-state index contributed by atoms with van der Waals surface area (Å²) in [7, 11) is -3.47. The van der Waals surface area contributed by atoms with Crippen LogP contribution in [-0.2, 0) is 19.4 Å². The predicted molar refractivity (Wildman–Crippen MR) is 118 cm³/mol. The molecule has 31 heavy (non-hydrogen) atoms. The molecule has 0 heterocycles. The predicted octanol–water partition coefficient (Wildman–Crippen LogP) is 3.96. The number of esters is 1. The number of anilines is 1. The number of ketones is 1. The summed E-state index contributed by atoms with van der Waals surface area (Å²) in [5.74, 6) is -1.26. The Kier molecular flexibility index (Phi) is 8.50. The molecule has 0 atom stereocenters. The van der Waals surface area contributed by atoms with Crippen molar-refractivity contribution in [3.05, 3.63) is 59.2 Å². The van der Waals surface area contributed by atoms with E-state index in [1.807, 2.05) is 0 Å². The summed E-state index contributed by atoms with van der Waals surface area (Å²) < 4.78 is 28.5. The van der Waals surface area contributed by atoms with Crippen molar-refractivity contribution < 1.29 is 27.5 Å². The number of Topliss-reactive ketones (excluding diaryl/α,β-unsaturated/α-hetero) is 1. The minimum absolute atomic E-state index is 0.00343. The number of carbonyl (C=O) groups excluding carboxylic acids is 3. The number of hydrogen-bond acceptors (Lipinski definition) is 6. The van der Waals surface area contributed by atoms with E-state index < -0.39 is 28.2 Å². The van der Waals surface area contributed by atoms with Gasteiger partial charge in [-0.3, -0.25) is 9.59 Å². The van der Waals surface area contributed by atoms with Gasteiger partial charge in [-0.05, 0) is 55.3 Å². The molecule has 0 aliphatic rings. The van der Waals surface area contributed by atoms with Crippen LogP contribution in [0.3, 0.4) is 0 Å². The maximum atomic E-state index is 12.3. The van der Waals surface area contributed by atoms with Crippen LogP contribution in [0.25, 0.3) is 0 Å². The lowest BCUT2D eigenvalue weighted by Crippen LogP contribution is -2.16.